The lowest BCUT2D eigenvalue weighted by molar-refractivity contribution is 0.152. The summed E-state index contributed by atoms with van der Waals surface area (Å²) in [7, 11) is 2.23. The first-order valence-electron chi connectivity index (χ1n) is 8.89. The van der Waals surface area contributed by atoms with Gasteiger partial charge in [-0.2, -0.15) is 0 Å². The quantitative estimate of drug-likeness (QED) is 0.825. The predicted molar refractivity (Wildman–Crippen MR) is 88.8 cm³/mol. The van der Waals surface area contributed by atoms with E-state index < -0.39 is 0 Å². The van der Waals surface area contributed by atoms with Crippen LogP contribution in [0, 0.1) is 0 Å². The maximum atomic E-state index is 2.63. The molecule has 3 rings (SSSR count). The molecule has 21 heavy (non-hydrogen) atoms. The molecule has 0 N–H and O–H groups in total. The molecule has 1 aliphatic heterocycles. The predicted octanol–water partition coefficient (Wildman–Crippen LogP) is 3.17. The number of aryl methyl sites for hydroxylation is 1. The van der Waals surface area contributed by atoms with Crippen molar-refractivity contribution in [1.82, 2.24) is 14.4 Å². The van der Waals surface area contributed by atoms with Gasteiger partial charge in [0.2, 0.25) is 0 Å². The summed E-state index contributed by atoms with van der Waals surface area (Å²) in [5.74, 6) is 0. The van der Waals surface area contributed by atoms with Crippen LogP contribution in [0.15, 0.2) is 18.3 Å². The number of rotatable bonds is 5. The molecule has 0 aromatic carbocycles. The lowest BCUT2D eigenvalue weighted by Crippen LogP contribution is -2.44. The summed E-state index contributed by atoms with van der Waals surface area (Å²) in [6, 6.07) is 5.38. The van der Waals surface area contributed by atoms with E-state index in [4.69, 9.17) is 0 Å². The van der Waals surface area contributed by atoms with E-state index in [1.54, 1.807) is 5.69 Å². The topological polar surface area (TPSA) is 11.4 Å². The molecule has 1 aliphatic carbocycles. The van der Waals surface area contributed by atoms with Crippen LogP contribution >= 0.6 is 0 Å². The second-order valence-electron chi connectivity index (χ2n) is 6.95. The molecule has 0 radical (unpaired) electrons. The Bertz CT molecular complexity index is 412. The number of aromatic nitrogens is 1. The Labute approximate surface area is 129 Å². The first-order chi connectivity index (χ1) is 10.3. The number of hydrogen-bond donors (Lipinski definition) is 0. The normalized spacial score (nSPS) is 22.7. The van der Waals surface area contributed by atoms with Crippen molar-refractivity contribution in [3.05, 3.63) is 24.0 Å². The van der Waals surface area contributed by atoms with Crippen molar-refractivity contribution in [2.45, 2.75) is 51.0 Å². The van der Waals surface area contributed by atoms with Gasteiger partial charge in [0, 0.05) is 44.1 Å². The number of piperazine rings is 1. The Balaban J connectivity index is 1.46. The molecule has 1 saturated heterocycles. The molecule has 1 saturated carbocycles. The van der Waals surface area contributed by atoms with Crippen LogP contribution in [0.3, 0.4) is 0 Å². The first kappa shape index (κ1) is 15.1. The van der Waals surface area contributed by atoms with Gasteiger partial charge >= 0.3 is 0 Å². The van der Waals surface area contributed by atoms with Gasteiger partial charge in [0.1, 0.15) is 0 Å². The third-order valence-corrected chi connectivity index (χ3v) is 5.34. The zero-order valence-corrected chi connectivity index (χ0v) is 13.6. The first-order valence-corrected chi connectivity index (χ1v) is 8.89. The van der Waals surface area contributed by atoms with Gasteiger partial charge in [-0.25, -0.2) is 0 Å². The fourth-order valence-electron chi connectivity index (χ4n) is 3.91. The number of nitrogens with zero attached hydrogens (tertiary/aromatic N) is 3. The van der Waals surface area contributed by atoms with Crippen molar-refractivity contribution in [1.29, 1.82) is 0 Å². The highest BCUT2D eigenvalue weighted by molar-refractivity contribution is 5.09. The van der Waals surface area contributed by atoms with E-state index in [1.165, 1.54) is 77.7 Å². The highest BCUT2D eigenvalue weighted by Crippen LogP contribution is 2.29. The van der Waals surface area contributed by atoms with E-state index in [1.807, 2.05) is 0 Å². The third kappa shape index (κ3) is 4.10. The zero-order chi connectivity index (χ0) is 14.5. The SMILES string of the molecule is CN1CCN(CCCc2cccn2C2CCCCC2)CC1. The van der Waals surface area contributed by atoms with Gasteiger partial charge in [-0.05, 0) is 51.4 Å². The van der Waals surface area contributed by atoms with E-state index >= 15 is 0 Å². The highest BCUT2D eigenvalue weighted by Gasteiger charge is 2.17. The van der Waals surface area contributed by atoms with E-state index in [9.17, 15) is 0 Å². The largest absolute Gasteiger partial charge is 0.348 e. The fraction of sp³-hybridized carbons (Fsp3) is 0.778. The van der Waals surface area contributed by atoms with Crippen molar-refractivity contribution in [3.8, 4) is 0 Å². The van der Waals surface area contributed by atoms with Gasteiger partial charge < -0.3 is 14.4 Å². The molecule has 0 bridgehead atoms. The molecule has 2 aliphatic rings. The smallest absolute Gasteiger partial charge is 0.0333 e. The minimum absolute atomic E-state index is 0.785. The number of hydrogen-bond acceptors (Lipinski definition) is 2. The summed E-state index contributed by atoms with van der Waals surface area (Å²) in [6.07, 6.45) is 11.9. The van der Waals surface area contributed by atoms with Crippen LogP contribution in [0.4, 0.5) is 0 Å². The van der Waals surface area contributed by atoms with Crippen molar-refractivity contribution in [3.63, 3.8) is 0 Å². The van der Waals surface area contributed by atoms with Crippen LogP contribution in [0.25, 0.3) is 0 Å². The third-order valence-electron chi connectivity index (χ3n) is 5.34. The van der Waals surface area contributed by atoms with Gasteiger partial charge in [0.05, 0.1) is 0 Å². The Morgan fingerprint density at radius 3 is 2.57 bits per heavy atom. The van der Waals surface area contributed by atoms with Crippen molar-refractivity contribution in [2.24, 2.45) is 0 Å². The van der Waals surface area contributed by atoms with Gasteiger partial charge in [0.15, 0.2) is 0 Å². The van der Waals surface area contributed by atoms with E-state index in [0.29, 0.717) is 0 Å². The average molecular weight is 289 g/mol. The summed E-state index contributed by atoms with van der Waals surface area (Å²) in [4.78, 5) is 5.07. The summed E-state index contributed by atoms with van der Waals surface area (Å²) < 4.78 is 2.59. The summed E-state index contributed by atoms with van der Waals surface area (Å²) in [6.45, 7) is 6.24. The second kappa shape index (κ2) is 7.46. The van der Waals surface area contributed by atoms with Crippen LogP contribution < -0.4 is 0 Å². The van der Waals surface area contributed by atoms with Gasteiger partial charge in [-0.3, -0.25) is 0 Å². The molecule has 2 fully saturated rings. The van der Waals surface area contributed by atoms with Gasteiger partial charge in [0.25, 0.3) is 0 Å². The van der Waals surface area contributed by atoms with E-state index in [0.717, 1.165) is 6.04 Å². The molecule has 2 heterocycles. The standard InChI is InChI=1S/C18H31N3/c1-19-13-15-20(16-14-19)11-5-9-18-10-6-12-21(18)17-7-3-2-4-8-17/h6,10,12,17H,2-5,7-9,11,13-16H2,1H3. The fourth-order valence-corrected chi connectivity index (χ4v) is 3.91. The van der Waals surface area contributed by atoms with Crippen molar-refractivity contribution in [2.75, 3.05) is 39.8 Å². The van der Waals surface area contributed by atoms with Crippen LogP contribution in [0.1, 0.15) is 50.3 Å². The number of likely N-dealkylation sites (N-methyl/N-ethyl adjacent to an activating group) is 1. The van der Waals surface area contributed by atoms with E-state index in [2.05, 4.69) is 39.7 Å². The van der Waals surface area contributed by atoms with E-state index in [-0.39, 0.29) is 0 Å². The molecule has 0 amide bonds. The Morgan fingerprint density at radius 1 is 1.05 bits per heavy atom. The molecule has 3 heteroatoms. The van der Waals surface area contributed by atoms with Crippen LogP contribution in [-0.4, -0.2) is 54.1 Å². The molecule has 118 valence electrons. The van der Waals surface area contributed by atoms with Crippen molar-refractivity contribution >= 4 is 0 Å². The maximum Gasteiger partial charge on any atom is 0.0333 e. The highest BCUT2D eigenvalue weighted by atomic mass is 15.2. The molecule has 0 spiro atoms. The van der Waals surface area contributed by atoms with Crippen LogP contribution in [-0.2, 0) is 6.42 Å². The van der Waals surface area contributed by atoms with Gasteiger partial charge in [-0.15, -0.1) is 0 Å². The summed E-state index contributed by atoms with van der Waals surface area (Å²) in [5.41, 5.74) is 1.57. The molecule has 0 atom stereocenters. The lowest BCUT2D eigenvalue weighted by Gasteiger charge is -2.32. The minimum Gasteiger partial charge on any atom is -0.348 e. The second-order valence-corrected chi connectivity index (χ2v) is 6.95. The van der Waals surface area contributed by atoms with Crippen LogP contribution in [0.2, 0.25) is 0 Å². The average Bonchev–Trinajstić information content (AvgIpc) is 2.99. The Hall–Kier alpha value is -0.800. The molecule has 1 aromatic heterocycles. The molecular weight excluding hydrogens is 258 g/mol. The van der Waals surface area contributed by atoms with Crippen LogP contribution in [0.5, 0.6) is 0 Å². The monoisotopic (exact) mass is 289 g/mol. The molecule has 0 unspecified atom stereocenters. The minimum atomic E-state index is 0.785. The zero-order valence-electron chi connectivity index (χ0n) is 13.6. The Morgan fingerprint density at radius 2 is 1.81 bits per heavy atom. The van der Waals surface area contributed by atoms with Crippen molar-refractivity contribution < 1.29 is 0 Å². The summed E-state index contributed by atoms with van der Waals surface area (Å²) in [5, 5.41) is 0. The Kier molecular flexibility index (Phi) is 5.37. The lowest BCUT2D eigenvalue weighted by atomic mass is 9.95. The van der Waals surface area contributed by atoms with Gasteiger partial charge in [-0.1, -0.05) is 19.3 Å². The molecule has 1 aromatic rings. The molecule has 3 nitrogen and oxygen atoms in total. The summed E-state index contributed by atoms with van der Waals surface area (Å²) >= 11 is 0. The maximum absolute atomic E-state index is 2.63. The molecular formula is C18H31N3.